The monoisotopic (exact) mass is 188 g/mol. The molecule has 0 amide bonds. The molecule has 0 bridgehead atoms. The van der Waals surface area contributed by atoms with Gasteiger partial charge in [-0.3, -0.25) is 4.98 Å². The summed E-state index contributed by atoms with van der Waals surface area (Å²) < 4.78 is 0.737. The lowest BCUT2D eigenvalue weighted by Crippen LogP contribution is -1.83. The standard InChI is InChI=1S/C10H8N2S/c13-10-5-1-4-9(12-10)8-3-2-6-11-7-8/h1-7H,(H,12,13). The van der Waals surface area contributed by atoms with Crippen LogP contribution in [0.15, 0.2) is 42.7 Å². The highest BCUT2D eigenvalue weighted by Gasteiger charge is 1.94. The molecule has 0 aliphatic heterocycles. The molecule has 2 nitrogen and oxygen atoms in total. The van der Waals surface area contributed by atoms with Crippen molar-refractivity contribution in [1.29, 1.82) is 0 Å². The first-order chi connectivity index (χ1) is 6.36. The lowest BCUT2D eigenvalue weighted by Gasteiger charge is -1.99. The Hall–Kier alpha value is -1.48. The van der Waals surface area contributed by atoms with Crippen molar-refractivity contribution in [3.63, 3.8) is 0 Å². The van der Waals surface area contributed by atoms with E-state index < -0.39 is 0 Å². The van der Waals surface area contributed by atoms with Crippen molar-refractivity contribution in [2.45, 2.75) is 0 Å². The summed E-state index contributed by atoms with van der Waals surface area (Å²) >= 11 is 5.02. The summed E-state index contributed by atoms with van der Waals surface area (Å²) in [7, 11) is 0. The molecular weight excluding hydrogens is 180 g/mol. The first-order valence-corrected chi connectivity index (χ1v) is 4.37. The van der Waals surface area contributed by atoms with Crippen LogP contribution in [0, 0.1) is 4.64 Å². The Labute approximate surface area is 81.3 Å². The van der Waals surface area contributed by atoms with Gasteiger partial charge in [-0.05, 0) is 24.3 Å². The van der Waals surface area contributed by atoms with E-state index in [1.54, 1.807) is 12.4 Å². The van der Waals surface area contributed by atoms with E-state index in [-0.39, 0.29) is 0 Å². The summed E-state index contributed by atoms with van der Waals surface area (Å²) in [5, 5.41) is 0. The number of hydrogen-bond acceptors (Lipinski definition) is 2. The van der Waals surface area contributed by atoms with Crippen LogP contribution < -0.4 is 0 Å². The third kappa shape index (κ3) is 1.81. The molecule has 0 saturated heterocycles. The fourth-order valence-corrected chi connectivity index (χ4v) is 1.33. The molecular formula is C10H8N2S. The number of nitrogens with one attached hydrogen (secondary N) is 1. The van der Waals surface area contributed by atoms with Gasteiger partial charge >= 0.3 is 0 Å². The van der Waals surface area contributed by atoms with E-state index in [9.17, 15) is 0 Å². The van der Waals surface area contributed by atoms with E-state index >= 15 is 0 Å². The fourth-order valence-electron chi connectivity index (χ4n) is 1.14. The van der Waals surface area contributed by atoms with Crippen LogP contribution in [0.5, 0.6) is 0 Å². The molecule has 2 aromatic heterocycles. The molecule has 2 aromatic rings. The highest BCUT2D eigenvalue weighted by Crippen LogP contribution is 2.13. The van der Waals surface area contributed by atoms with Crippen LogP contribution >= 0.6 is 12.2 Å². The predicted octanol–water partition coefficient (Wildman–Crippen LogP) is 2.81. The molecule has 2 rings (SSSR count). The van der Waals surface area contributed by atoms with Crippen molar-refractivity contribution in [2.75, 3.05) is 0 Å². The third-order valence-electron chi connectivity index (χ3n) is 1.74. The molecule has 13 heavy (non-hydrogen) atoms. The van der Waals surface area contributed by atoms with E-state index in [0.717, 1.165) is 15.9 Å². The van der Waals surface area contributed by atoms with Crippen molar-refractivity contribution in [3.05, 3.63) is 47.4 Å². The van der Waals surface area contributed by atoms with Crippen LogP contribution in [0.4, 0.5) is 0 Å². The second kappa shape index (κ2) is 3.49. The van der Waals surface area contributed by atoms with Crippen molar-refractivity contribution in [1.82, 2.24) is 9.97 Å². The second-order valence-corrected chi connectivity index (χ2v) is 3.11. The number of nitrogens with zero attached hydrogens (tertiary/aromatic N) is 1. The first-order valence-electron chi connectivity index (χ1n) is 3.96. The highest BCUT2D eigenvalue weighted by atomic mass is 32.1. The number of rotatable bonds is 1. The smallest absolute Gasteiger partial charge is 0.103 e. The van der Waals surface area contributed by atoms with Gasteiger partial charge in [0.05, 0.1) is 0 Å². The van der Waals surface area contributed by atoms with Gasteiger partial charge in [0.15, 0.2) is 0 Å². The van der Waals surface area contributed by atoms with E-state index in [2.05, 4.69) is 9.97 Å². The minimum Gasteiger partial charge on any atom is -0.346 e. The van der Waals surface area contributed by atoms with Crippen molar-refractivity contribution in [3.8, 4) is 11.3 Å². The molecule has 1 N–H and O–H groups in total. The Bertz CT molecular complexity index is 448. The van der Waals surface area contributed by atoms with Crippen LogP contribution in [0.1, 0.15) is 0 Å². The SMILES string of the molecule is S=c1cccc(-c2cccnc2)[nH]1. The van der Waals surface area contributed by atoms with Crippen molar-refractivity contribution >= 4 is 12.2 Å². The molecule has 0 aliphatic carbocycles. The maximum absolute atomic E-state index is 5.02. The Morgan fingerprint density at radius 3 is 2.77 bits per heavy atom. The first kappa shape index (κ1) is 8.13. The lowest BCUT2D eigenvalue weighted by molar-refractivity contribution is 1.26. The van der Waals surface area contributed by atoms with Crippen LogP contribution in [0.3, 0.4) is 0 Å². The van der Waals surface area contributed by atoms with Crippen LogP contribution in [0.2, 0.25) is 0 Å². The van der Waals surface area contributed by atoms with Crippen LogP contribution in [-0.4, -0.2) is 9.97 Å². The maximum Gasteiger partial charge on any atom is 0.103 e. The molecule has 0 aromatic carbocycles. The largest absolute Gasteiger partial charge is 0.346 e. The number of aromatic amines is 1. The second-order valence-electron chi connectivity index (χ2n) is 2.67. The summed E-state index contributed by atoms with van der Waals surface area (Å²) in [6.45, 7) is 0. The number of aromatic nitrogens is 2. The molecule has 0 unspecified atom stereocenters. The molecule has 0 fully saturated rings. The molecule has 0 spiro atoms. The van der Waals surface area contributed by atoms with E-state index in [4.69, 9.17) is 12.2 Å². The van der Waals surface area contributed by atoms with Gasteiger partial charge in [-0.25, -0.2) is 0 Å². The molecule has 0 atom stereocenters. The van der Waals surface area contributed by atoms with Gasteiger partial charge in [-0.2, -0.15) is 0 Å². The molecule has 2 heterocycles. The number of hydrogen-bond donors (Lipinski definition) is 1. The van der Waals surface area contributed by atoms with Crippen LogP contribution in [0.25, 0.3) is 11.3 Å². The highest BCUT2D eigenvalue weighted by molar-refractivity contribution is 7.71. The van der Waals surface area contributed by atoms with Gasteiger partial charge in [0.1, 0.15) is 4.64 Å². The minimum absolute atomic E-state index is 0.737. The normalized spacial score (nSPS) is 9.85. The van der Waals surface area contributed by atoms with E-state index in [1.807, 2.05) is 30.3 Å². The van der Waals surface area contributed by atoms with E-state index in [0.29, 0.717) is 0 Å². The Morgan fingerprint density at radius 1 is 1.15 bits per heavy atom. The summed E-state index contributed by atoms with van der Waals surface area (Å²) in [6, 6.07) is 9.66. The van der Waals surface area contributed by atoms with Crippen molar-refractivity contribution < 1.29 is 0 Å². The summed E-state index contributed by atoms with van der Waals surface area (Å²) in [5.41, 5.74) is 2.05. The van der Waals surface area contributed by atoms with Gasteiger partial charge < -0.3 is 4.98 Å². The number of pyridine rings is 2. The van der Waals surface area contributed by atoms with Gasteiger partial charge in [0.25, 0.3) is 0 Å². The lowest BCUT2D eigenvalue weighted by atomic mass is 10.2. The van der Waals surface area contributed by atoms with Gasteiger partial charge in [-0.1, -0.05) is 18.3 Å². The van der Waals surface area contributed by atoms with Gasteiger partial charge in [0.2, 0.25) is 0 Å². The van der Waals surface area contributed by atoms with E-state index in [1.165, 1.54) is 0 Å². The quantitative estimate of drug-likeness (QED) is 0.697. The third-order valence-corrected chi connectivity index (χ3v) is 1.98. The average molecular weight is 188 g/mol. The fraction of sp³-hybridized carbons (Fsp3) is 0. The molecule has 0 aliphatic rings. The Morgan fingerprint density at radius 2 is 2.08 bits per heavy atom. The molecule has 3 heteroatoms. The molecule has 0 radical (unpaired) electrons. The predicted molar refractivity (Wildman–Crippen MR) is 54.9 cm³/mol. The topological polar surface area (TPSA) is 28.7 Å². The summed E-state index contributed by atoms with van der Waals surface area (Å²) in [6.07, 6.45) is 3.56. The summed E-state index contributed by atoms with van der Waals surface area (Å²) in [4.78, 5) is 7.14. The zero-order valence-corrected chi connectivity index (χ0v) is 7.71. The summed E-state index contributed by atoms with van der Waals surface area (Å²) in [5.74, 6) is 0. The Balaban J connectivity index is 2.54. The Kier molecular flexibility index (Phi) is 2.19. The average Bonchev–Trinajstić information content (AvgIpc) is 2.19. The zero-order chi connectivity index (χ0) is 9.10. The molecule has 0 saturated carbocycles. The number of H-pyrrole nitrogens is 1. The molecule has 64 valence electrons. The van der Waals surface area contributed by atoms with Crippen molar-refractivity contribution in [2.24, 2.45) is 0 Å². The van der Waals surface area contributed by atoms with Gasteiger partial charge in [0, 0.05) is 23.7 Å². The maximum atomic E-state index is 5.02. The van der Waals surface area contributed by atoms with Gasteiger partial charge in [-0.15, -0.1) is 0 Å². The minimum atomic E-state index is 0.737. The van der Waals surface area contributed by atoms with Crippen LogP contribution in [-0.2, 0) is 0 Å². The zero-order valence-electron chi connectivity index (χ0n) is 6.90.